The van der Waals surface area contributed by atoms with Crippen molar-refractivity contribution in [2.24, 2.45) is 0 Å². The van der Waals surface area contributed by atoms with Crippen LogP contribution < -0.4 is 22.7 Å². The van der Waals surface area contributed by atoms with Crippen LogP contribution in [0.25, 0.3) is 0 Å². The summed E-state index contributed by atoms with van der Waals surface area (Å²) in [4.78, 5) is 43.6. The summed E-state index contributed by atoms with van der Waals surface area (Å²) in [7, 11) is -6.71. The first-order valence-corrected chi connectivity index (χ1v) is 41.4. The molecule has 500 valence electrons. The SMILES string of the molecule is CC(C)c1cc(C(C)C)c(S(=O)(=O)Cl)c(C(C)C)c1.CO[C@@H]1[C@@H]2O[Si](C(C)C)(C(C)C)O[Si](C(C)C)(C(C)C)OC[C@H]2O[C@@]1(C#N)n1ccc(=O)[nH]c1=O.CO[C@@H]1[C@@H]2O[Si](C(C)C)(C(C)C)O[Si](C(C)C)(C(C)C)OC[C@H]2O[C@@]1(C#N)n1ccc(N)nc1=O. The number of benzene rings is 1. The summed E-state index contributed by atoms with van der Waals surface area (Å²) in [5.41, 5.74) is 3.74. The first-order valence-electron chi connectivity index (χ1n) is 31.3. The molecule has 6 heterocycles. The van der Waals surface area contributed by atoms with E-state index in [1.54, 1.807) is 0 Å². The Morgan fingerprint density at radius 1 is 0.607 bits per heavy atom. The number of nitrogens with zero attached hydrogens (tertiary/aromatic N) is 5. The number of nitrogens with two attached hydrogens (primary N) is 1. The fourth-order valence-electron chi connectivity index (χ4n) is 13.2. The number of fused-ring (bicyclic) bond motifs is 2. The number of halogens is 1. The molecule has 0 radical (unpaired) electrons. The van der Waals surface area contributed by atoms with Crippen LogP contribution in [0.3, 0.4) is 0 Å². The van der Waals surface area contributed by atoms with Crippen molar-refractivity contribution in [1.82, 2.24) is 19.1 Å². The molecule has 3 aromatic rings. The zero-order chi connectivity index (χ0) is 67.6. The Kier molecular flexibility index (Phi) is 25.0. The molecule has 0 amide bonds. The zero-order valence-electron chi connectivity index (χ0n) is 56.9. The molecule has 4 aliphatic rings. The van der Waals surface area contributed by atoms with Gasteiger partial charge in [-0.25, -0.2) is 18.0 Å². The average molecular weight is 1350 g/mol. The molecule has 0 saturated carbocycles. The van der Waals surface area contributed by atoms with Crippen molar-refractivity contribution in [1.29, 1.82) is 10.5 Å². The molecule has 4 aliphatic heterocycles. The summed E-state index contributed by atoms with van der Waals surface area (Å²) < 4.78 is 92.4. The third-order valence-corrected chi connectivity index (χ3v) is 39.9. The summed E-state index contributed by atoms with van der Waals surface area (Å²) >= 11 is 0. The van der Waals surface area contributed by atoms with Crippen LogP contribution in [0.15, 0.2) is 55.9 Å². The van der Waals surface area contributed by atoms with E-state index in [1.807, 2.05) is 39.8 Å². The Morgan fingerprint density at radius 2 is 0.966 bits per heavy atom. The number of nitrogen functional groups attached to an aromatic ring is 1. The molecule has 4 saturated heterocycles. The Balaban J connectivity index is 0.000000254. The number of anilines is 1. The molecule has 2 aromatic heterocycles. The van der Waals surface area contributed by atoms with Crippen LogP contribution in [0.1, 0.15) is 187 Å². The molecular weight excluding hydrogens is 1250 g/mol. The van der Waals surface area contributed by atoms with E-state index in [4.69, 9.17) is 61.3 Å². The zero-order valence-corrected chi connectivity index (χ0v) is 62.5. The standard InChI is InChI=1S/C23H40N4O6Si2.C23H39N3O7Si2.C15H23ClO2S/c1-14(2)34(15(3)4)30-12-18-20(32-35(33-34,16(5)6)17(7)8)21(29-9)23(13-24,31-18)27-11-10-19(25)26-22(27)28;1-14(2)34(15(3)4)30-12-18-20(32-35(33-34,16(5)6)17(7)8)21(29-9)23(13-24,31-18)26-11-10-19(27)25-22(26)28;1-9(2)12-7-13(10(3)4)15(19(16,17)18)14(8-12)11(5)6/h10-11,14-18,20-21H,12H2,1-9H3,(H2,25,26,28);10-11,14-18,20-21H,12H2,1-9H3,(H,25,27,28);7-11H,1-6H3/t2*18-,20-,21-,23-;/m11./s1. The number of H-pyrrole nitrogens is 1. The largest absolute Gasteiger partial charge is 0.414 e. The maximum Gasteiger partial charge on any atom is 0.352 e. The van der Waals surface area contributed by atoms with Crippen LogP contribution in [0.2, 0.25) is 44.3 Å². The second-order valence-corrected chi connectivity index (χ2v) is 47.5. The van der Waals surface area contributed by atoms with Crippen molar-refractivity contribution in [2.75, 3.05) is 33.2 Å². The first kappa shape index (κ1) is 76.0. The van der Waals surface area contributed by atoms with Gasteiger partial charge in [-0.3, -0.25) is 18.9 Å². The molecule has 4 fully saturated rings. The van der Waals surface area contributed by atoms with Gasteiger partial charge in [-0.1, -0.05) is 164 Å². The van der Waals surface area contributed by atoms with E-state index in [9.17, 15) is 33.3 Å². The van der Waals surface area contributed by atoms with Crippen molar-refractivity contribution < 1.29 is 53.3 Å². The lowest BCUT2D eigenvalue weighted by molar-refractivity contribution is -0.117. The summed E-state index contributed by atoms with van der Waals surface area (Å²) in [6, 6.07) is 10.9. The molecule has 0 spiro atoms. The van der Waals surface area contributed by atoms with Gasteiger partial charge in [-0.15, -0.1) is 0 Å². The number of nitriles is 2. The van der Waals surface area contributed by atoms with Crippen molar-refractivity contribution in [3.63, 3.8) is 0 Å². The third-order valence-electron chi connectivity index (χ3n) is 17.9. The van der Waals surface area contributed by atoms with E-state index in [1.165, 1.54) is 38.7 Å². The molecule has 0 unspecified atom stereocenters. The fourth-order valence-corrected chi connectivity index (χ4v) is 37.2. The predicted molar refractivity (Wildman–Crippen MR) is 352 cm³/mol. The number of aromatic nitrogens is 4. The molecule has 3 N–H and O–H groups in total. The second kappa shape index (κ2) is 29.3. The minimum Gasteiger partial charge on any atom is -0.414 e. The third kappa shape index (κ3) is 14.5. The lowest BCUT2D eigenvalue weighted by Crippen LogP contribution is -2.66. The van der Waals surface area contributed by atoms with Crippen LogP contribution in [-0.2, 0) is 65.4 Å². The highest BCUT2D eigenvalue weighted by atomic mass is 35.7. The molecule has 22 nitrogen and oxygen atoms in total. The lowest BCUT2D eigenvalue weighted by Gasteiger charge is -2.51. The molecular formula is C61H102ClN7O15SSi4. The van der Waals surface area contributed by atoms with E-state index in [0.29, 0.717) is 10.8 Å². The quantitative estimate of drug-likeness (QED) is 0.0995. The predicted octanol–water partition coefficient (Wildman–Crippen LogP) is 11.4. The summed E-state index contributed by atoms with van der Waals surface area (Å²) in [6.07, 6.45) is -1.97. The smallest absolute Gasteiger partial charge is 0.352 e. The van der Waals surface area contributed by atoms with Gasteiger partial charge in [-0.2, -0.15) is 15.5 Å². The van der Waals surface area contributed by atoms with Crippen LogP contribution in [0.5, 0.6) is 0 Å². The molecule has 7 rings (SSSR count). The van der Waals surface area contributed by atoms with Crippen molar-refractivity contribution in [2.45, 2.75) is 267 Å². The maximum absolute atomic E-state index is 12.8. The second-order valence-electron chi connectivity index (χ2n) is 27.3. The van der Waals surface area contributed by atoms with Crippen molar-refractivity contribution >= 4 is 59.8 Å². The van der Waals surface area contributed by atoms with E-state index in [-0.39, 0.29) is 75.2 Å². The average Bonchev–Trinajstić information content (AvgIpc) is 1.66. The van der Waals surface area contributed by atoms with Gasteiger partial charge in [0.25, 0.3) is 26.1 Å². The number of hydrogen-bond donors (Lipinski definition) is 2. The maximum atomic E-state index is 12.8. The summed E-state index contributed by atoms with van der Waals surface area (Å²) in [6.45, 7) is 46.4. The fraction of sp³-hybridized carbons (Fsp3) is 0.738. The Morgan fingerprint density at radius 3 is 1.26 bits per heavy atom. The number of methoxy groups -OCH3 is 2. The number of aromatic amines is 1. The highest BCUT2D eigenvalue weighted by molar-refractivity contribution is 8.13. The van der Waals surface area contributed by atoms with Gasteiger partial charge in [-0.05, 0) is 84.8 Å². The highest BCUT2D eigenvalue weighted by Gasteiger charge is 2.68. The minimum atomic E-state index is -3.72. The van der Waals surface area contributed by atoms with Gasteiger partial charge in [0.2, 0.25) is 0 Å². The minimum absolute atomic E-state index is 0.0565. The molecule has 8 atom stereocenters. The number of hydrogen-bond acceptors (Lipinski definition) is 19. The van der Waals surface area contributed by atoms with Gasteiger partial charge in [0.05, 0.1) is 18.1 Å². The summed E-state index contributed by atoms with van der Waals surface area (Å²) in [5, 5.41) is 20.8. The van der Waals surface area contributed by atoms with Crippen LogP contribution in [0.4, 0.5) is 5.82 Å². The molecule has 28 heteroatoms. The van der Waals surface area contributed by atoms with E-state index in [0.717, 1.165) is 25.8 Å². The van der Waals surface area contributed by atoms with E-state index >= 15 is 0 Å². The van der Waals surface area contributed by atoms with Crippen LogP contribution in [0, 0.1) is 22.7 Å². The molecule has 1 aromatic carbocycles. The van der Waals surface area contributed by atoms with Gasteiger partial charge in [0, 0.05) is 43.4 Å². The van der Waals surface area contributed by atoms with Crippen molar-refractivity contribution in [3.05, 3.63) is 84.7 Å². The highest BCUT2D eigenvalue weighted by Crippen LogP contribution is 2.52. The van der Waals surface area contributed by atoms with Crippen LogP contribution in [-0.4, -0.2) is 126 Å². The van der Waals surface area contributed by atoms with Gasteiger partial charge in [0.15, 0.2) is 0 Å². The Hall–Kier alpha value is -3.73. The topological polar surface area (TPSA) is 290 Å². The summed E-state index contributed by atoms with van der Waals surface area (Å²) in [5.74, 6) is 0.669. The lowest BCUT2D eigenvalue weighted by atomic mass is 9.89. The van der Waals surface area contributed by atoms with Gasteiger partial charge >= 0.3 is 45.6 Å². The van der Waals surface area contributed by atoms with Crippen LogP contribution >= 0.6 is 10.7 Å². The van der Waals surface area contributed by atoms with E-state index < -0.39 is 108 Å². The molecule has 89 heavy (non-hydrogen) atoms. The number of nitrogens with one attached hydrogen (secondary N) is 1. The monoisotopic (exact) mass is 1350 g/mol. The number of rotatable bonds is 16. The van der Waals surface area contributed by atoms with Gasteiger partial charge < -0.3 is 50.6 Å². The molecule has 0 aliphatic carbocycles. The van der Waals surface area contributed by atoms with E-state index in [2.05, 4.69) is 147 Å². The first-order chi connectivity index (χ1) is 41.2. The molecule has 0 bridgehead atoms. The number of ether oxygens (including phenoxy) is 4. The van der Waals surface area contributed by atoms with Crippen molar-refractivity contribution in [3.8, 4) is 12.1 Å². The normalized spacial score (nSPS) is 26.6. The van der Waals surface area contributed by atoms with Gasteiger partial charge in [0.1, 0.15) is 54.6 Å². The Labute approximate surface area is 537 Å². The Bertz CT molecular complexity index is 3250.